The molecule has 0 saturated carbocycles. The van der Waals surface area contributed by atoms with Crippen LogP contribution in [0.4, 0.5) is 11.4 Å². The third-order valence-corrected chi connectivity index (χ3v) is 5.11. The molecule has 1 aliphatic rings. The van der Waals surface area contributed by atoms with Crippen molar-refractivity contribution in [3.8, 4) is 0 Å². The van der Waals surface area contributed by atoms with Gasteiger partial charge in [-0.1, -0.05) is 25.3 Å². The topological polar surface area (TPSA) is 6.48 Å². The van der Waals surface area contributed by atoms with Crippen molar-refractivity contribution in [2.45, 2.75) is 27.7 Å². The highest BCUT2D eigenvalue weighted by molar-refractivity contribution is 5.69. The Morgan fingerprint density at radius 2 is 1.00 bits per heavy atom. The van der Waals surface area contributed by atoms with E-state index in [4.69, 9.17) is 0 Å². The number of benzene rings is 2. The van der Waals surface area contributed by atoms with Crippen LogP contribution in [0.15, 0.2) is 37.4 Å². The molecule has 2 aromatic rings. The minimum atomic E-state index is 0.935. The summed E-state index contributed by atoms with van der Waals surface area (Å²) in [6.45, 7) is 19.6. The van der Waals surface area contributed by atoms with Gasteiger partial charge in [0.15, 0.2) is 0 Å². The third kappa shape index (κ3) is 3.21. The summed E-state index contributed by atoms with van der Waals surface area (Å²) < 4.78 is 0. The van der Waals surface area contributed by atoms with Crippen LogP contribution >= 0.6 is 0 Å². The molecule has 0 atom stereocenters. The van der Waals surface area contributed by atoms with Gasteiger partial charge in [0.05, 0.1) is 6.67 Å². The highest BCUT2D eigenvalue weighted by Gasteiger charge is 2.25. The molecule has 3 rings (SSSR count). The number of aryl methyl sites for hydroxylation is 4. The minimum absolute atomic E-state index is 0.935. The summed E-state index contributed by atoms with van der Waals surface area (Å²) in [4.78, 5) is 5.00. The van der Waals surface area contributed by atoms with E-state index in [9.17, 15) is 0 Å². The van der Waals surface area contributed by atoms with Crippen LogP contribution in [0, 0.1) is 27.7 Å². The van der Waals surface area contributed by atoms with Gasteiger partial charge in [-0.25, -0.2) is 0 Å². The van der Waals surface area contributed by atoms with Crippen molar-refractivity contribution in [2.75, 3.05) is 29.6 Å². The van der Waals surface area contributed by atoms with Crippen LogP contribution in [0.2, 0.25) is 0 Å². The summed E-state index contributed by atoms with van der Waals surface area (Å²) in [5.74, 6) is 0. The predicted molar refractivity (Wildman–Crippen MR) is 112 cm³/mol. The summed E-state index contributed by atoms with van der Waals surface area (Å²) in [7, 11) is 0. The standard InChI is InChI=1S/C23H28N2/c1-7-20-11-16(3)22(17(4)12-20)24-9-10-25(15-24)23-18(5)13-21(8-2)14-19(23)6/h7-8,11-14H,1-2,9-10,15H2,3-6H3. The molecule has 0 radical (unpaired) electrons. The summed E-state index contributed by atoms with van der Waals surface area (Å²) in [6.07, 6.45) is 3.85. The highest BCUT2D eigenvalue weighted by Crippen LogP contribution is 2.33. The molecule has 2 heteroatoms. The number of rotatable bonds is 4. The van der Waals surface area contributed by atoms with Gasteiger partial charge in [-0.05, 0) is 85.3 Å². The molecule has 1 aliphatic heterocycles. The third-order valence-electron chi connectivity index (χ3n) is 5.11. The quantitative estimate of drug-likeness (QED) is 0.730. The molecule has 2 nitrogen and oxygen atoms in total. The van der Waals surface area contributed by atoms with Gasteiger partial charge in [0.25, 0.3) is 0 Å². The summed E-state index contributed by atoms with van der Waals surface area (Å²) in [5.41, 5.74) is 10.4. The first-order chi connectivity index (χ1) is 11.9. The van der Waals surface area contributed by atoms with Gasteiger partial charge in [0.2, 0.25) is 0 Å². The minimum Gasteiger partial charge on any atom is -0.352 e. The number of nitrogens with zero attached hydrogens (tertiary/aromatic N) is 2. The molecule has 1 saturated heterocycles. The van der Waals surface area contributed by atoms with Gasteiger partial charge < -0.3 is 9.80 Å². The van der Waals surface area contributed by atoms with E-state index in [0.29, 0.717) is 0 Å². The zero-order valence-electron chi connectivity index (χ0n) is 15.9. The molecular weight excluding hydrogens is 304 g/mol. The highest BCUT2D eigenvalue weighted by atomic mass is 15.4. The fourth-order valence-corrected chi connectivity index (χ4v) is 4.17. The SMILES string of the molecule is C=Cc1cc(C)c(N2CCN(c3c(C)cc(C=C)cc3C)C2)c(C)c1. The van der Waals surface area contributed by atoms with Crippen molar-refractivity contribution in [1.82, 2.24) is 0 Å². The summed E-state index contributed by atoms with van der Waals surface area (Å²) >= 11 is 0. The summed E-state index contributed by atoms with van der Waals surface area (Å²) in [6, 6.07) is 8.92. The van der Waals surface area contributed by atoms with Gasteiger partial charge in [-0.3, -0.25) is 0 Å². The first kappa shape index (κ1) is 17.3. The summed E-state index contributed by atoms with van der Waals surface area (Å²) in [5, 5.41) is 0. The fraction of sp³-hybridized carbons (Fsp3) is 0.304. The molecule has 0 aromatic heterocycles. The Kier molecular flexibility index (Phi) is 4.71. The van der Waals surface area contributed by atoms with Crippen molar-refractivity contribution in [2.24, 2.45) is 0 Å². The molecule has 0 bridgehead atoms. The lowest BCUT2D eigenvalue weighted by Crippen LogP contribution is -2.27. The average molecular weight is 332 g/mol. The second-order valence-electron chi connectivity index (χ2n) is 7.08. The molecule has 0 amide bonds. The van der Waals surface area contributed by atoms with Gasteiger partial charge in [0, 0.05) is 24.5 Å². The maximum Gasteiger partial charge on any atom is 0.0904 e. The Hall–Kier alpha value is -2.48. The average Bonchev–Trinajstić information content (AvgIpc) is 3.02. The maximum atomic E-state index is 3.90. The van der Waals surface area contributed by atoms with Crippen LogP contribution in [-0.4, -0.2) is 19.8 Å². The molecule has 2 aromatic carbocycles. The van der Waals surface area contributed by atoms with Gasteiger partial charge >= 0.3 is 0 Å². The van der Waals surface area contributed by atoms with Gasteiger partial charge in [0.1, 0.15) is 0 Å². The first-order valence-corrected chi connectivity index (χ1v) is 8.92. The molecule has 1 heterocycles. The maximum absolute atomic E-state index is 3.90. The predicted octanol–water partition coefficient (Wildman–Crippen LogP) is 5.49. The van der Waals surface area contributed by atoms with Crippen molar-refractivity contribution in [3.05, 3.63) is 70.8 Å². The van der Waals surface area contributed by atoms with Crippen LogP contribution in [-0.2, 0) is 0 Å². The van der Waals surface area contributed by atoms with E-state index in [1.54, 1.807) is 0 Å². The molecule has 130 valence electrons. The zero-order valence-corrected chi connectivity index (χ0v) is 15.9. The molecule has 0 spiro atoms. The zero-order chi connectivity index (χ0) is 18.1. The van der Waals surface area contributed by atoms with E-state index in [1.165, 1.54) is 44.8 Å². The number of hydrogen-bond acceptors (Lipinski definition) is 2. The second-order valence-corrected chi connectivity index (χ2v) is 7.08. The van der Waals surface area contributed by atoms with E-state index < -0.39 is 0 Å². The Balaban J connectivity index is 1.91. The van der Waals surface area contributed by atoms with Crippen LogP contribution in [0.3, 0.4) is 0 Å². The van der Waals surface area contributed by atoms with Gasteiger partial charge in [-0.2, -0.15) is 0 Å². The first-order valence-electron chi connectivity index (χ1n) is 8.92. The van der Waals surface area contributed by atoms with Crippen molar-refractivity contribution in [3.63, 3.8) is 0 Å². The van der Waals surface area contributed by atoms with E-state index in [0.717, 1.165) is 19.8 Å². The van der Waals surface area contributed by atoms with Crippen LogP contribution in [0.1, 0.15) is 33.4 Å². The van der Waals surface area contributed by atoms with E-state index in [1.807, 2.05) is 12.2 Å². The lowest BCUT2D eigenvalue weighted by molar-refractivity contribution is 0.931. The lowest BCUT2D eigenvalue weighted by Gasteiger charge is -2.27. The van der Waals surface area contributed by atoms with Crippen molar-refractivity contribution >= 4 is 23.5 Å². The Labute approximate surface area is 152 Å². The monoisotopic (exact) mass is 332 g/mol. The van der Waals surface area contributed by atoms with Gasteiger partial charge in [-0.15, -0.1) is 0 Å². The fourth-order valence-electron chi connectivity index (χ4n) is 4.17. The molecule has 0 aliphatic carbocycles. The van der Waals surface area contributed by atoms with Crippen molar-refractivity contribution in [1.29, 1.82) is 0 Å². The van der Waals surface area contributed by atoms with Crippen molar-refractivity contribution < 1.29 is 0 Å². The van der Waals surface area contributed by atoms with Crippen LogP contribution in [0.5, 0.6) is 0 Å². The van der Waals surface area contributed by atoms with E-state index >= 15 is 0 Å². The lowest BCUT2D eigenvalue weighted by atomic mass is 10.0. The largest absolute Gasteiger partial charge is 0.352 e. The molecule has 0 N–H and O–H groups in total. The Bertz CT molecular complexity index is 716. The Morgan fingerprint density at radius 1 is 0.680 bits per heavy atom. The number of hydrogen-bond donors (Lipinski definition) is 0. The molecule has 1 fully saturated rings. The van der Waals surface area contributed by atoms with Crippen LogP contribution in [0.25, 0.3) is 12.2 Å². The Morgan fingerprint density at radius 3 is 1.28 bits per heavy atom. The van der Waals surface area contributed by atoms with E-state index in [2.05, 4.69) is 74.9 Å². The molecule has 0 unspecified atom stereocenters. The normalized spacial score (nSPS) is 14.1. The van der Waals surface area contributed by atoms with Crippen LogP contribution < -0.4 is 9.80 Å². The molecular formula is C23H28N2. The smallest absolute Gasteiger partial charge is 0.0904 e. The van der Waals surface area contributed by atoms with E-state index in [-0.39, 0.29) is 0 Å². The number of anilines is 2. The molecule has 25 heavy (non-hydrogen) atoms. The second kappa shape index (κ2) is 6.79.